The van der Waals surface area contributed by atoms with Gasteiger partial charge in [-0.3, -0.25) is 9.47 Å². The zero-order chi connectivity index (χ0) is 16.4. The third-order valence-corrected chi connectivity index (χ3v) is 4.54. The molecule has 0 saturated carbocycles. The van der Waals surface area contributed by atoms with Gasteiger partial charge in [-0.1, -0.05) is 12.1 Å². The van der Waals surface area contributed by atoms with Gasteiger partial charge in [-0.15, -0.1) is 37.2 Å². The van der Waals surface area contributed by atoms with Gasteiger partial charge in [0.15, 0.2) is 0 Å². The van der Waals surface area contributed by atoms with E-state index in [1.807, 2.05) is 18.2 Å². The Morgan fingerprint density at radius 2 is 1.63 bits per heavy atom. The number of hydrogen-bond acceptors (Lipinski definition) is 4. The maximum Gasteiger partial charge on any atom is 0.128 e. The van der Waals surface area contributed by atoms with Crippen LogP contribution in [0.15, 0.2) is 48.5 Å². The van der Waals surface area contributed by atoms with Crippen molar-refractivity contribution in [3.63, 3.8) is 0 Å². The fourth-order valence-electron chi connectivity index (χ4n) is 3.27. The molecule has 2 heterocycles. The quantitative estimate of drug-likeness (QED) is 0.684. The summed E-state index contributed by atoms with van der Waals surface area (Å²) in [5.74, 6) is 1.95. The van der Waals surface area contributed by atoms with E-state index in [1.54, 1.807) is 7.11 Å². The topological polar surface area (TPSA) is 42.3 Å². The summed E-state index contributed by atoms with van der Waals surface area (Å²) in [6.45, 7) is 5.07. The van der Waals surface area contributed by atoms with Gasteiger partial charge in [0.2, 0.25) is 0 Å². The first-order valence-electron chi connectivity index (χ1n) is 8.39. The van der Waals surface area contributed by atoms with E-state index in [0.29, 0.717) is 0 Å². The van der Waals surface area contributed by atoms with Crippen LogP contribution in [0, 0.1) is 0 Å². The number of nitrogens with one attached hydrogen (secondary N) is 1. The van der Waals surface area contributed by atoms with Gasteiger partial charge in [-0.2, -0.15) is 0 Å². The van der Waals surface area contributed by atoms with E-state index < -0.39 is 0 Å². The summed E-state index contributed by atoms with van der Waals surface area (Å²) in [7, 11) is 1.69. The minimum Gasteiger partial charge on any atom is -0.497 e. The first-order chi connectivity index (χ1) is 11.8. The molecule has 1 aliphatic rings. The number of methoxy groups -OCH3 is 1. The van der Waals surface area contributed by atoms with Gasteiger partial charge in [0, 0.05) is 31.9 Å². The fraction of sp³-hybridized carbons (Fsp3) is 0.316. The number of halogens is 3. The van der Waals surface area contributed by atoms with Crippen LogP contribution in [0.3, 0.4) is 0 Å². The van der Waals surface area contributed by atoms with Crippen molar-refractivity contribution in [1.82, 2.24) is 19.8 Å². The second-order valence-corrected chi connectivity index (χ2v) is 6.08. The number of benzene rings is 2. The van der Waals surface area contributed by atoms with Crippen LogP contribution in [-0.2, 0) is 6.54 Å². The van der Waals surface area contributed by atoms with Crippen molar-refractivity contribution in [2.45, 2.75) is 6.54 Å². The molecule has 8 heteroatoms. The lowest BCUT2D eigenvalue weighted by molar-refractivity contribution is 0.227. The molecule has 0 radical (unpaired) electrons. The average molecular weight is 432 g/mol. The van der Waals surface area contributed by atoms with Crippen LogP contribution in [0.2, 0.25) is 0 Å². The fourth-order valence-corrected chi connectivity index (χ4v) is 3.27. The monoisotopic (exact) mass is 430 g/mol. The van der Waals surface area contributed by atoms with Crippen molar-refractivity contribution < 1.29 is 4.74 Å². The van der Waals surface area contributed by atoms with Crippen molar-refractivity contribution in [2.75, 3.05) is 33.3 Å². The minimum absolute atomic E-state index is 0. The van der Waals surface area contributed by atoms with Crippen LogP contribution in [0.5, 0.6) is 5.75 Å². The lowest BCUT2D eigenvalue weighted by Crippen LogP contribution is -2.43. The van der Waals surface area contributed by atoms with Gasteiger partial charge in [0.1, 0.15) is 11.6 Å². The third-order valence-electron chi connectivity index (χ3n) is 4.54. The highest BCUT2D eigenvalue weighted by Gasteiger charge is 2.17. The van der Waals surface area contributed by atoms with Crippen LogP contribution >= 0.6 is 37.2 Å². The van der Waals surface area contributed by atoms with Crippen LogP contribution in [0.4, 0.5) is 0 Å². The number of rotatable bonds is 4. The molecule has 0 amide bonds. The van der Waals surface area contributed by atoms with E-state index in [0.717, 1.165) is 61.0 Å². The number of ether oxygens (including phenoxy) is 1. The molecular formula is C19H25Cl3N4O. The van der Waals surface area contributed by atoms with Crippen LogP contribution in [-0.4, -0.2) is 47.7 Å². The number of aromatic nitrogens is 2. The van der Waals surface area contributed by atoms with Gasteiger partial charge >= 0.3 is 0 Å². The Morgan fingerprint density at radius 3 is 2.30 bits per heavy atom. The van der Waals surface area contributed by atoms with Crippen LogP contribution in [0.25, 0.3) is 16.7 Å². The summed E-state index contributed by atoms with van der Waals surface area (Å²) >= 11 is 0. The third kappa shape index (κ3) is 5.06. The average Bonchev–Trinajstić information content (AvgIpc) is 3.00. The maximum atomic E-state index is 5.29. The van der Waals surface area contributed by atoms with Crippen molar-refractivity contribution >= 4 is 48.3 Å². The van der Waals surface area contributed by atoms with Crippen molar-refractivity contribution in [3.05, 3.63) is 54.4 Å². The van der Waals surface area contributed by atoms with Crippen LogP contribution in [0.1, 0.15) is 5.82 Å². The molecule has 0 spiro atoms. The molecule has 0 unspecified atom stereocenters. The minimum atomic E-state index is 0. The summed E-state index contributed by atoms with van der Waals surface area (Å²) in [6, 6.07) is 16.5. The Hall–Kier alpha value is -1.50. The number of piperazine rings is 1. The van der Waals surface area contributed by atoms with E-state index in [2.05, 4.69) is 45.1 Å². The van der Waals surface area contributed by atoms with Crippen molar-refractivity contribution in [1.29, 1.82) is 0 Å². The Labute approximate surface area is 178 Å². The van der Waals surface area contributed by atoms with Crippen LogP contribution < -0.4 is 10.1 Å². The van der Waals surface area contributed by atoms with E-state index in [9.17, 15) is 0 Å². The molecule has 1 saturated heterocycles. The molecule has 2 aromatic carbocycles. The molecule has 5 nitrogen and oxygen atoms in total. The second-order valence-electron chi connectivity index (χ2n) is 6.08. The predicted molar refractivity (Wildman–Crippen MR) is 118 cm³/mol. The van der Waals surface area contributed by atoms with Gasteiger partial charge in [0.05, 0.1) is 24.7 Å². The molecular weight excluding hydrogens is 407 g/mol. The van der Waals surface area contributed by atoms with E-state index in [-0.39, 0.29) is 37.2 Å². The normalized spacial score (nSPS) is 14.0. The van der Waals surface area contributed by atoms with Gasteiger partial charge in [-0.05, 0) is 36.4 Å². The second kappa shape index (κ2) is 10.7. The highest BCUT2D eigenvalue weighted by atomic mass is 35.5. The molecule has 0 aliphatic carbocycles. The molecule has 4 rings (SSSR count). The molecule has 1 aromatic heterocycles. The molecule has 0 atom stereocenters. The highest BCUT2D eigenvalue weighted by molar-refractivity contribution is 5.86. The molecule has 0 bridgehead atoms. The SMILES string of the molecule is COc1ccc(-n2c(CN3CCNCC3)nc3ccccc32)cc1.Cl.Cl.Cl. The molecule has 3 aromatic rings. The summed E-state index contributed by atoms with van der Waals surface area (Å²) in [5.41, 5.74) is 3.31. The summed E-state index contributed by atoms with van der Waals surface area (Å²) in [6.07, 6.45) is 0. The lowest BCUT2D eigenvalue weighted by atomic mass is 10.2. The number of hydrogen-bond donors (Lipinski definition) is 1. The van der Waals surface area contributed by atoms with Crippen molar-refractivity contribution in [2.24, 2.45) is 0 Å². The number of imidazole rings is 1. The zero-order valence-corrected chi connectivity index (χ0v) is 17.6. The highest BCUT2D eigenvalue weighted by Crippen LogP contribution is 2.24. The maximum absolute atomic E-state index is 5.29. The smallest absolute Gasteiger partial charge is 0.128 e. The van der Waals surface area contributed by atoms with Gasteiger partial charge in [-0.25, -0.2) is 4.98 Å². The summed E-state index contributed by atoms with van der Waals surface area (Å²) in [5, 5.41) is 3.40. The number of nitrogens with zero attached hydrogens (tertiary/aromatic N) is 3. The lowest BCUT2D eigenvalue weighted by Gasteiger charge is -2.27. The molecule has 1 aliphatic heterocycles. The largest absolute Gasteiger partial charge is 0.497 e. The number of para-hydroxylation sites is 2. The molecule has 27 heavy (non-hydrogen) atoms. The Bertz CT molecular complexity index is 833. The predicted octanol–water partition coefficient (Wildman–Crippen LogP) is 3.70. The molecule has 148 valence electrons. The van der Waals surface area contributed by atoms with Gasteiger partial charge in [0.25, 0.3) is 0 Å². The Morgan fingerprint density at radius 1 is 0.963 bits per heavy atom. The Kier molecular flexibility index (Phi) is 9.36. The molecule has 1 fully saturated rings. The zero-order valence-electron chi connectivity index (χ0n) is 15.1. The molecule has 1 N–H and O–H groups in total. The number of fused-ring (bicyclic) bond motifs is 1. The first kappa shape index (κ1) is 23.5. The van der Waals surface area contributed by atoms with E-state index in [1.165, 1.54) is 0 Å². The summed E-state index contributed by atoms with van der Waals surface area (Å²) in [4.78, 5) is 7.35. The van der Waals surface area contributed by atoms with Gasteiger partial charge < -0.3 is 10.1 Å². The summed E-state index contributed by atoms with van der Waals surface area (Å²) < 4.78 is 7.55. The van der Waals surface area contributed by atoms with E-state index >= 15 is 0 Å². The standard InChI is InChI=1S/C19H22N4O.3ClH/c1-24-16-8-6-15(7-9-16)23-18-5-3-2-4-17(18)21-19(23)14-22-12-10-20-11-13-22;;;/h2-9,20H,10-14H2,1H3;3*1H. The first-order valence-corrected chi connectivity index (χ1v) is 8.39. The van der Waals surface area contributed by atoms with Crippen molar-refractivity contribution in [3.8, 4) is 11.4 Å². The van der Waals surface area contributed by atoms with E-state index in [4.69, 9.17) is 9.72 Å². The Balaban J connectivity index is 0.00000121.